The van der Waals surface area contributed by atoms with Gasteiger partial charge < -0.3 is 19.9 Å². The van der Waals surface area contributed by atoms with Crippen LogP contribution < -0.4 is 15.0 Å². The Hall–Kier alpha value is -3.09. The Morgan fingerprint density at radius 3 is 2.65 bits per heavy atom. The first-order valence-corrected chi connectivity index (χ1v) is 11.1. The number of piperidine rings is 1. The number of pyridine rings is 1. The van der Waals surface area contributed by atoms with E-state index in [0.717, 1.165) is 44.0 Å². The summed E-state index contributed by atoms with van der Waals surface area (Å²) in [6.45, 7) is 7.73. The third kappa shape index (κ3) is 6.20. The average molecular weight is 425 g/mol. The van der Waals surface area contributed by atoms with Crippen LogP contribution in [0.5, 0.6) is 5.75 Å². The molecule has 0 bridgehead atoms. The molecule has 1 aromatic carbocycles. The van der Waals surface area contributed by atoms with Crippen LogP contribution in [0.1, 0.15) is 37.2 Å². The van der Waals surface area contributed by atoms with Gasteiger partial charge in [-0.15, -0.1) is 0 Å². The van der Waals surface area contributed by atoms with Crippen molar-refractivity contribution in [3.05, 3.63) is 54.2 Å². The maximum Gasteiger partial charge on any atom is 0.270 e. The molecular weight excluding hydrogens is 392 g/mol. The van der Waals surface area contributed by atoms with E-state index >= 15 is 0 Å². The molecule has 7 nitrogen and oxygen atoms in total. The summed E-state index contributed by atoms with van der Waals surface area (Å²) >= 11 is 0. The zero-order valence-corrected chi connectivity index (χ0v) is 18.4. The van der Waals surface area contributed by atoms with E-state index < -0.39 is 0 Å². The fraction of sp³-hybridized carbons (Fsp3) is 0.458. The number of carbonyl (C=O) groups is 2. The number of amides is 2. The Morgan fingerprint density at radius 2 is 1.90 bits per heavy atom. The summed E-state index contributed by atoms with van der Waals surface area (Å²) in [5.74, 6) is 1.47. The zero-order chi connectivity index (χ0) is 22.1. The molecule has 166 valence electrons. The summed E-state index contributed by atoms with van der Waals surface area (Å²) < 4.78 is 5.60. The minimum atomic E-state index is -0.230. The predicted molar refractivity (Wildman–Crippen MR) is 121 cm³/mol. The number of carbonyl (C=O) groups excluding carboxylic acids is 2. The number of aromatic nitrogens is 1. The molecule has 1 unspecified atom stereocenters. The molecule has 1 atom stereocenters. The molecule has 0 spiro atoms. The molecular formula is C24H32N4O3. The quantitative estimate of drug-likeness (QED) is 0.627. The van der Waals surface area contributed by atoms with Gasteiger partial charge in [-0.3, -0.25) is 9.59 Å². The largest absolute Gasteiger partial charge is 0.492 e. The van der Waals surface area contributed by atoms with Crippen LogP contribution >= 0.6 is 0 Å². The fourth-order valence-electron chi connectivity index (χ4n) is 3.85. The average Bonchev–Trinajstić information content (AvgIpc) is 2.83. The first kappa shape index (κ1) is 22.6. The first-order chi connectivity index (χ1) is 15.1. The lowest BCUT2D eigenvalue weighted by molar-refractivity contribution is -0.135. The Morgan fingerprint density at radius 1 is 1.13 bits per heavy atom. The molecule has 1 N–H and O–H groups in total. The molecule has 7 heteroatoms. The van der Waals surface area contributed by atoms with Crippen molar-refractivity contribution in [1.29, 1.82) is 0 Å². The van der Waals surface area contributed by atoms with E-state index in [1.165, 1.54) is 0 Å². The first-order valence-electron chi connectivity index (χ1n) is 11.1. The number of nitrogens with one attached hydrogen (secondary N) is 1. The van der Waals surface area contributed by atoms with Crippen LogP contribution in [0.2, 0.25) is 0 Å². The summed E-state index contributed by atoms with van der Waals surface area (Å²) in [5.41, 5.74) is 0.370. The van der Waals surface area contributed by atoms with Gasteiger partial charge in [0.15, 0.2) is 0 Å². The lowest BCUT2D eigenvalue weighted by Crippen LogP contribution is -2.45. The van der Waals surface area contributed by atoms with E-state index in [1.54, 1.807) is 6.07 Å². The topological polar surface area (TPSA) is 74.8 Å². The highest BCUT2D eigenvalue weighted by Gasteiger charge is 2.29. The number of para-hydroxylation sites is 1. The van der Waals surface area contributed by atoms with E-state index in [-0.39, 0.29) is 17.7 Å². The smallest absolute Gasteiger partial charge is 0.270 e. The Bertz CT molecular complexity index is 855. The number of benzene rings is 1. The summed E-state index contributed by atoms with van der Waals surface area (Å²) in [6.07, 6.45) is 1.83. The third-order valence-electron chi connectivity index (χ3n) is 5.54. The molecule has 1 aliphatic rings. The summed E-state index contributed by atoms with van der Waals surface area (Å²) in [4.78, 5) is 33.9. The van der Waals surface area contributed by atoms with Crippen molar-refractivity contribution < 1.29 is 14.3 Å². The Labute approximate surface area is 184 Å². The lowest BCUT2D eigenvalue weighted by Gasteiger charge is -2.35. The van der Waals surface area contributed by atoms with Gasteiger partial charge in [-0.1, -0.05) is 24.3 Å². The van der Waals surface area contributed by atoms with Crippen LogP contribution in [0.25, 0.3) is 0 Å². The monoisotopic (exact) mass is 424 g/mol. The van der Waals surface area contributed by atoms with Gasteiger partial charge in [0, 0.05) is 26.2 Å². The van der Waals surface area contributed by atoms with Crippen molar-refractivity contribution >= 4 is 17.6 Å². The molecule has 1 aromatic heterocycles. The summed E-state index contributed by atoms with van der Waals surface area (Å²) in [7, 11) is 0. The molecule has 1 aliphatic heterocycles. The zero-order valence-electron chi connectivity index (χ0n) is 18.4. The van der Waals surface area contributed by atoms with Crippen molar-refractivity contribution in [1.82, 2.24) is 15.2 Å². The molecule has 0 radical (unpaired) electrons. The molecule has 3 rings (SSSR count). The molecule has 1 saturated heterocycles. The fourth-order valence-corrected chi connectivity index (χ4v) is 3.85. The van der Waals surface area contributed by atoms with Crippen molar-refractivity contribution in [3.8, 4) is 5.75 Å². The van der Waals surface area contributed by atoms with Gasteiger partial charge in [0.25, 0.3) is 5.91 Å². The van der Waals surface area contributed by atoms with Crippen molar-refractivity contribution in [2.45, 2.75) is 26.7 Å². The number of hydrogen-bond donors (Lipinski definition) is 1. The highest BCUT2D eigenvalue weighted by Crippen LogP contribution is 2.23. The highest BCUT2D eigenvalue weighted by atomic mass is 16.5. The van der Waals surface area contributed by atoms with Crippen LogP contribution in [0.4, 0.5) is 5.82 Å². The Balaban J connectivity index is 1.55. The Kier molecular flexibility index (Phi) is 8.27. The van der Waals surface area contributed by atoms with Gasteiger partial charge in [-0.2, -0.15) is 0 Å². The van der Waals surface area contributed by atoms with E-state index in [1.807, 2.05) is 61.2 Å². The molecule has 0 saturated carbocycles. The molecule has 2 aromatic rings. The SMILES string of the molecule is CCN(CC)C(=O)C1CCCN(c2cccc(C(=O)NCCOc3ccccc3)n2)C1. The minimum Gasteiger partial charge on any atom is -0.492 e. The number of hydrogen-bond acceptors (Lipinski definition) is 5. The molecule has 1 fully saturated rings. The number of ether oxygens (including phenoxy) is 1. The molecule has 31 heavy (non-hydrogen) atoms. The van der Waals surface area contributed by atoms with Gasteiger partial charge in [-0.05, 0) is 51.0 Å². The molecule has 2 heterocycles. The van der Waals surface area contributed by atoms with E-state index in [0.29, 0.717) is 25.4 Å². The van der Waals surface area contributed by atoms with Gasteiger partial charge in [0.05, 0.1) is 12.5 Å². The van der Waals surface area contributed by atoms with Crippen molar-refractivity contribution in [2.75, 3.05) is 44.2 Å². The van der Waals surface area contributed by atoms with Crippen LogP contribution in [0, 0.1) is 5.92 Å². The third-order valence-corrected chi connectivity index (χ3v) is 5.54. The summed E-state index contributed by atoms with van der Waals surface area (Å²) in [5, 5.41) is 2.85. The summed E-state index contributed by atoms with van der Waals surface area (Å²) in [6, 6.07) is 14.9. The van der Waals surface area contributed by atoms with Crippen LogP contribution in [0.15, 0.2) is 48.5 Å². The van der Waals surface area contributed by atoms with Crippen LogP contribution in [0.3, 0.4) is 0 Å². The van der Waals surface area contributed by atoms with Crippen LogP contribution in [-0.4, -0.2) is 61.0 Å². The number of anilines is 1. The maximum atomic E-state index is 12.8. The van der Waals surface area contributed by atoms with E-state index in [2.05, 4.69) is 15.2 Å². The number of nitrogens with zero attached hydrogens (tertiary/aromatic N) is 3. The molecule has 0 aliphatic carbocycles. The second kappa shape index (κ2) is 11.3. The molecule has 2 amide bonds. The van der Waals surface area contributed by atoms with Crippen LogP contribution in [-0.2, 0) is 4.79 Å². The van der Waals surface area contributed by atoms with Gasteiger partial charge in [-0.25, -0.2) is 4.98 Å². The maximum absolute atomic E-state index is 12.8. The highest BCUT2D eigenvalue weighted by molar-refractivity contribution is 5.92. The van der Waals surface area contributed by atoms with E-state index in [4.69, 9.17) is 4.74 Å². The standard InChI is InChI=1S/C24H32N4O3/c1-3-27(4-2)24(30)19-10-9-16-28(18-19)22-14-8-13-21(26-22)23(29)25-15-17-31-20-11-6-5-7-12-20/h5-8,11-14,19H,3-4,9-10,15-18H2,1-2H3,(H,25,29). The van der Waals surface area contributed by atoms with Gasteiger partial charge >= 0.3 is 0 Å². The second-order valence-electron chi connectivity index (χ2n) is 7.59. The lowest BCUT2D eigenvalue weighted by atomic mass is 9.96. The second-order valence-corrected chi connectivity index (χ2v) is 7.59. The minimum absolute atomic E-state index is 0.0249. The normalized spacial score (nSPS) is 15.9. The van der Waals surface area contributed by atoms with E-state index in [9.17, 15) is 9.59 Å². The van der Waals surface area contributed by atoms with Gasteiger partial charge in [0.1, 0.15) is 23.9 Å². The number of rotatable bonds is 9. The van der Waals surface area contributed by atoms with Crippen molar-refractivity contribution in [3.63, 3.8) is 0 Å². The van der Waals surface area contributed by atoms with Gasteiger partial charge in [0.2, 0.25) is 5.91 Å². The van der Waals surface area contributed by atoms with Crippen molar-refractivity contribution in [2.24, 2.45) is 5.92 Å². The predicted octanol–water partition coefficient (Wildman–Crippen LogP) is 2.98.